The standard InChI is InChI=1S/C54H71N5O7/c1-34-45-29-41(54(45,3)4)30-46(34)56-53(63)50-49(35(2)65-48(61)24-23-36-17-12-10-13-18-36)47(33-60)66-59(50)31-38-21-16-22-44(51(38)64-9)39-26-40(28-43(27-39)58(7)8)52(62)55-42(32-57(5)6)25-37-19-14-11-15-20-37/h10-22,26-28,34-35,41-42,45-47,49-50,60H,23-25,29-33H2,1-9H3,(H,55,62)(H,56,63)/t34-,35-,41+,42-,45-,46-,47-,49+,50-/m0/s1. The number of carbonyl (C=O) groups is 3. The second-order valence-corrected chi connectivity index (χ2v) is 20.0. The van der Waals surface area contributed by atoms with Crippen LogP contribution in [0.5, 0.6) is 5.75 Å². The van der Waals surface area contributed by atoms with Crippen LogP contribution < -0.4 is 20.3 Å². The number of para-hydroxylation sites is 1. The fraction of sp³-hybridized carbons (Fsp3) is 0.500. The Balaban J connectivity index is 1.17. The summed E-state index contributed by atoms with van der Waals surface area (Å²) >= 11 is 0. The Kier molecular flexibility index (Phi) is 15.6. The molecule has 0 spiro atoms. The van der Waals surface area contributed by atoms with Gasteiger partial charge < -0.3 is 35.0 Å². The van der Waals surface area contributed by atoms with E-state index in [1.807, 2.05) is 118 Å². The molecule has 4 aliphatic rings. The van der Waals surface area contributed by atoms with E-state index >= 15 is 0 Å². The lowest BCUT2D eigenvalue weighted by Gasteiger charge is -2.62. The maximum atomic E-state index is 14.9. The second kappa shape index (κ2) is 21.1. The smallest absolute Gasteiger partial charge is 0.306 e. The molecule has 1 heterocycles. The van der Waals surface area contributed by atoms with Gasteiger partial charge in [0.05, 0.1) is 26.2 Å². The van der Waals surface area contributed by atoms with Crippen molar-refractivity contribution < 1.29 is 33.8 Å². The number of aryl methyl sites for hydroxylation is 1. The molecule has 12 nitrogen and oxygen atoms in total. The number of esters is 1. The Morgan fingerprint density at radius 2 is 1.62 bits per heavy atom. The third kappa shape index (κ3) is 10.9. The SMILES string of the molecule is COc1c(CN2O[C@@H](CO)[C@@H]([C@H](C)OC(=O)CCc3ccccc3)[C@H]2C(=O)N[C@H]2C[C@H]3C[C@@H]([C@@H]2C)C3(C)C)cccc1-c1cc(C(=O)N[C@@H](Cc2ccccc2)CN(C)C)cc(N(C)C)c1. The number of carbonyl (C=O) groups excluding carboxylic acids is 3. The summed E-state index contributed by atoms with van der Waals surface area (Å²) in [6.45, 7) is 9.12. The van der Waals surface area contributed by atoms with Gasteiger partial charge in [-0.25, -0.2) is 0 Å². The second-order valence-electron chi connectivity index (χ2n) is 20.0. The number of likely N-dealkylation sites (N-methyl/N-ethyl adjacent to an activating group) is 1. The number of anilines is 1. The van der Waals surface area contributed by atoms with E-state index in [-0.39, 0.29) is 60.8 Å². The molecule has 66 heavy (non-hydrogen) atoms. The van der Waals surface area contributed by atoms with Gasteiger partial charge in [-0.05, 0) is 105 Å². The van der Waals surface area contributed by atoms with Crippen molar-refractivity contribution in [3.05, 3.63) is 119 Å². The number of methoxy groups -OCH3 is 1. The molecule has 1 aliphatic heterocycles. The van der Waals surface area contributed by atoms with E-state index in [1.54, 1.807) is 19.1 Å². The molecule has 0 unspecified atom stereocenters. The number of nitrogens with zero attached hydrogens (tertiary/aromatic N) is 3. The summed E-state index contributed by atoms with van der Waals surface area (Å²) < 4.78 is 12.3. The van der Waals surface area contributed by atoms with Crippen molar-refractivity contribution >= 4 is 23.5 Å². The Morgan fingerprint density at radius 3 is 2.24 bits per heavy atom. The summed E-state index contributed by atoms with van der Waals surface area (Å²) in [5.74, 6) is 0.440. The Bertz CT molecular complexity index is 2290. The first-order chi connectivity index (χ1) is 31.6. The zero-order valence-electron chi connectivity index (χ0n) is 40.3. The molecule has 1 saturated heterocycles. The molecule has 2 amide bonds. The fourth-order valence-electron chi connectivity index (χ4n) is 11.0. The van der Waals surface area contributed by atoms with Crippen LogP contribution in [0.25, 0.3) is 11.1 Å². The van der Waals surface area contributed by atoms with E-state index < -0.39 is 24.2 Å². The summed E-state index contributed by atoms with van der Waals surface area (Å²) in [6.07, 6.45) is 1.89. The van der Waals surface area contributed by atoms with Crippen molar-refractivity contribution in [1.82, 2.24) is 20.6 Å². The molecule has 3 N–H and O–H groups in total. The highest BCUT2D eigenvalue weighted by Crippen LogP contribution is 2.61. The number of amides is 2. The van der Waals surface area contributed by atoms with E-state index in [1.165, 1.54) is 6.42 Å². The van der Waals surface area contributed by atoms with Crippen LogP contribution in [0.3, 0.4) is 0 Å². The fourth-order valence-corrected chi connectivity index (χ4v) is 11.0. The first-order valence-electron chi connectivity index (χ1n) is 23.6. The van der Waals surface area contributed by atoms with Crippen molar-refractivity contribution in [1.29, 1.82) is 0 Å². The van der Waals surface area contributed by atoms with Gasteiger partial charge in [0.15, 0.2) is 0 Å². The minimum atomic E-state index is -0.899. The average molecular weight is 902 g/mol. The molecular formula is C54H71N5O7. The largest absolute Gasteiger partial charge is 0.496 e. The molecule has 9 atom stereocenters. The molecule has 3 saturated carbocycles. The van der Waals surface area contributed by atoms with Crippen LogP contribution in [0.1, 0.15) is 74.0 Å². The minimum Gasteiger partial charge on any atom is -0.496 e. The molecule has 12 heteroatoms. The lowest BCUT2D eigenvalue weighted by molar-refractivity contribution is -0.183. The normalized spacial score (nSPS) is 24.2. The molecule has 4 aromatic rings. The van der Waals surface area contributed by atoms with Crippen LogP contribution in [0.15, 0.2) is 97.1 Å². The van der Waals surface area contributed by atoms with Crippen molar-refractivity contribution in [2.75, 3.05) is 53.4 Å². The highest BCUT2D eigenvalue weighted by Gasteiger charge is 2.57. The summed E-state index contributed by atoms with van der Waals surface area (Å²) in [6, 6.07) is 30.6. The Morgan fingerprint density at radius 1 is 0.924 bits per heavy atom. The molecule has 4 fully saturated rings. The molecule has 0 radical (unpaired) electrons. The molecule has 3 aliphatic carbocycles. The van der Waals surface area contributed by atoms with Gasteiger partial charge in [0.1, 0.15) is 24.0 Å². The lowest BCUT2D eigenvalue weighted by atomic mass is 9.45. The van der Waals surface area contributed by atoms with Crippen LogP contribution in [0, 0.1) is 29.1 Å². The van der Waals surface area contributed by atoms with Crippen LogP contribution in [-0.2, 0) is 38.5 Å². The number of nitrogens with one attached hydrogen (secondary N) is 2. The number of hydrogen-bond acceptors (Lipinski definition) is 10. The van der Waals surface area contributed by atoms with Gasteiger partial charge in [-0.3, -0.25) is 19.2 Å². The maximum absolute atomic E-state index is 14.9. The summed E-state index contributed by atoms with van der Waals surface area (Å²) in [4.78, 5) is 53.0. The van der Waals surface area contributed by atoms with Gasteiger partial charge >= 0.3 is 5.97 Å². The zero-order valence-corrected chi connectivity index (χ0v) is 40.3. The van der Waals surface area contributed by atoms with Crippen molar-refractivity contribution in [3.8, 4) is 16.9 Å². The highest BCUT2D eigenvalue weighted by molar-refractivity contribution is 5.97. The molecular weight excluding hydrogens is 831 g/mol. The number of aliphatic hydroxyl groups is 1. The van der Waals surface area contributed by atoms with Crippen molar-refractivity contribution in [2.24, 2.45) is 29.1 Å². The monoisotopic (exact) mass is 902 g/mol. The molecule has 0 aromatic heterocycles. The molecule has 354 valence electrons. The summed E-state index contributed by atoms with van der Waals surface area (Å²) in [5, 5.41) is 19.2. The van der Waals surface area contributed by atoms with Gasteiger partial charge in [0.25, 0.3) is 5.91 Å². The first-order valence-corrected chi connectivity index (χ1v) is 23.6. The number of ether oxygens (including phenoxy) is 2. The predicted molar refractivity (Wildman–Crippen MR) is 259 cm³/mol. The van der Waals surface area contributed by atoms with E-state index in [4.69, 9.17) is 14.3 Å². The molecule has 2 bridgehead atoms. The van der Waals surface area contributed by atoms with Crippen molar-refractivity contribution in [3.63, 3.8) is 0 Å². The van der Waals surface area contributed by atoms with Gasteiger partial charge in [0, 0.05) is 61.5 Å². The Hall–Kier alpha value is -5.27. The summed E-state index contributed by atoms with van der Waals surface area (Å²) in [7, 11) is 9.51. The average Bonchev–Trinajstić information content (AvgIpc) is 3.67. The minimum absolute atomic E-state index is 0.0154. The number of hydroxylamine groups is 2. The number of rotatable bonds is 19. The first kappa shape index (κ1) is 48.7. The van der Waals surface area contributed by atoms with Crippen LogP contribution in [0.4, 0.5) is 5.69 Å². The quantitative estimate of drug-likeness (QED) is 0.0833. The maximum Gasteiger partial charge on any atom is 0.306 e. The predicted octanol–water partition coefficient (Wildman–Crippen LogP) is 7.18. The van der Waals surface area contributed by atoms with Crippen LogP contribution in [-0.4, -0.2) is 112 Å². The summed E-state index contributed by atoms with van der Waals surface area (Å²) in [5.41, 5.74) is 6.05. The van der Waals surface area contributed by atoms with Crippen molar-refractivity contribution in [2.45, 2.75) is 96.7 Å². The molecule has 8 rings (SSSR count). The van der Waals surface area contributed by atoms with Gasteiger partial charge in [-0.1, -0.05) is 99.6 Å². The van der Waals surface area contributed by atoms with E-state index in [0.29, 0.717) is 42.5 Å². The van der Waals surface area contributed by atoms with Gasteiger partial charge in [-0.2, -0.15) is 5.06 Å². The number of benzene rings is 4. The van der Waals surface area contributed by atoms with Gasteiger partial charge in [-0.15, -0.1) is 0 Å². The highest BCUT2D eigenvalue weighted by atomic mass is 16.7. The van der Waals surface area contributed by atoms with Gasteiger partial charge in [0.2, 0.25) is 5.91 Å². The number of hydrogen-bond donors (Lipinski definition) is 3. The van der Waals surface area contributed by atoms with E-state index in [0.717, 1.165) is 39.9 Å². The third-order valence-corrected chi connectivity index (χ3v) is 14.7. The number of aliphatic hydroxyl groups excluding tert-OH is 1. The van der Waals surface area contributed by atoms with E-state index in [2.05, 4.69) is 48.4 Å². The van der Waals surface area contributed by atoms with E-state index in [9.17, 15) is 19.5 Å². The molecule has 4 aromatic carbocycles. The lowest BCUT2D eigenvalue weighted by Crippen LogP contribution is -2.62. The van der Waals surface area contributed by atoms with Crippen LogP contribution >= 0.6 is 0 Å². The topological polar surface area (TPSA) is 133 Å². The zero-order chi connectivity index (χ0) is 47.3. The number of fused-ring (bicyclic) bond motifs is 2. The third-order valence-electron chi connectivity index (χ3n) is 14.7. The Labute approximate surface area is 391 Å². The van der Waals surface area contributed by atoms with Crippen LogP contribution in [0.2, 0.25) is 0 Å².